The van der Waals surface area contributed by atoms with E-state index < -0.39 is 164 Å². The van der Waals surface area contributed by atoms with E-state index >= 15 is 0 Å². The Morgan fingerprint density at radius 1 is 0.566 bits per heavy atom. The summed E-state index contributed by atoms with van der Waals surface area (Å²) in [6.45, 7) is 3.24. The van der Waals surface area contributed by atoms with Crippen LogP contribution in [0.2, 0.25) is 0 Å². The number of benzene rings is 1. The number of carbonyl (C=O) groups is 12. The second-order valence-electron chi connectivity index (χ2n) is 19.9. The van der Waals surface area contributed by atoms with Gasteiger partial charge in [-0.2, -0.15) is 0 Å². The normalized spacial score (nSPS) is 23.8. The molecule has 2 aliphatic heterocycles. The van der Waals surface area contributed by atoms with Crippen LogP contribution in [0.25, 0.3) is 0 Å². The van der Waals surface area contributed by atoms with Crippen LogP contribution in [0, 0.1) is 5.92 Å². The van der Waals surface area contributed by atoms with Crippen molar-refractivity contribution >= 4 is 70.9 Å². The lowest BCUT2D eigenvalue weighted by Gasteiger charge is -2.30. The quantitative estimate of drug-likeness (QED) is 0.0492. The van der Waals surface area contributed by atoms with Gasteiger partial charge in [-0.05, 0) is 49.3 Å². The van der Waals surface area contributed by atoms with Crippen molar-refractivity contribution in [3.63, 3.8) is 0 Å². The summed E-state index contributed by atoms with van der Waals surface area (Å²) in [4.78, 5) is 162. The second kappa shape index (κ2) is 32.1. The van der Waals surface area contributed by atoms with Gasteiger partial charge in [0.05, 0.1) is 25.9 Å². The van der Waals surface area contributed by atoms with E-state index in [1.165, 1.54) is 24.3 Å². The molecule has 17 N–H and O–H groups in total. The SMILES string of the molecule is CC(C)CCCCCCCCCCC1CC(=O)NC(CC(N)=O)C(=O)NC(Cc2ccc(O)cc2)C(=O)NC(CC(N)=O)C(=O)NC(CCC(N)=O)C(=O)N2CCCC2C(=O)NC(CO)C(=O)NC(CC(N)=O)C(=O)N1. The Morgan fingerprint density at radius 3 is 1.55 bits per heavy atom. The van der Waals surface area contributed by atoms with Gasteiger partial charge in [-0.1, -0.05) is 83.8 Å². The monoisotopic (exact) mass is 1070 g/mol. The maximum Gasteiger partial charge on any atom is 0.245 e. The number of nitrogens with two attached hydrogens (primary N) is 4. The first-order chi connectivity index (χ1) is 36.0. The summed E-state index contributed by atoms with van der Waals surface area (Å²) in [6, 6.07) is -7.36. The minimum Gasteiger partial charge on any atom is -0.508 e. The molecular formula is C50H78N12O14. The van der Waals surface area contributed by atoms with Crippen molar-refractivity contribution in [2.45, 2.75) is 184 Å². The molecule has 0 radical (unpaired) electrons. The van der Waals surface area contributed by atoms with Gasteiger partial charge in [-0.15, -0.1) is 0 Å². The third-order valence-electron chi connectivity index (χ3n) is 13.0. The maximum absolute atomic E-state index is 14.3. The third-order valence-corrected chi connectivity index (χ3v) is 13.0. The highest BCUT2D eigenvalue weighted by atomic mass is 16.3. The molecule has 26 heteroatoms. The number of unbranched alkanes of at least 4 members (excludes halogenated alkanes) is 7. The fourth-order valence-electron chi connectivity index (χ4n) is 8.91. The van der Waals surface area contributed by atoms with Gasteiger partial charge in [0, 0.05) is 31.8 Å². The number of nitrogens with one attached hydrogen (secondary N) is 7. The number of primary amides is 4. The number of phenolic OH excluding ortho intramolecular Hbond substituents is 1. The van der Waals surface area contributed by atoms with E-state index in [0.717, 1.165) is 49.8 Å². The second-order valence-corrected chi connectivity index (χ2v) is 19.9. The highest BCUT2D eigenvalue weighted by molar-refractivity contribution is 6.00. The number of hydrogen-bond donors (Lipinski definition) is 13. The van der Waals surface area contributed by atoms with Gasteiger partial charge in [0.25, 0.3) is 0 Å². The number of nitrogens with zero attached hydrogens (tertiary/aromatic N) is 1. The lowest BCUT2D eigenvalue weighted by molar-refractivity contribution is -0.143. The van der Waals surface area contributed by atoms with Gasteiger partial charge in [0.2, 0.25) is 70.9 Å². The maximum atomic E-state index is 14.3. The molecule has 1 aromatic rings. The largest absolute Gasteiger partial charge is 0.508 e. The zero-order chi connectivity index (χ0) is 56.5. The van der Waals surface area contributed by atoms with Crippen molar-refractivity contribution in [3.05, 3.63) is 29.8 Å². The highest BCUT2D eigenvalue weighted by Gasteiger charge is 2.41. The van der Waals surface area contributed by atoms with Crippen molar-refractivity contribution in [1.29, 1.82) is 0 Å². The predicted molar refractivity (Wildman–Crippen MR) is 273 cm³/mol. The number of aliphatic hydroxyl groups is 1. The molecule has 2 aliphatic rings. The van der Waals surface area contributed by atoms with Crippen LogP contribution in [0.3, 0.4) is 0 Å². The lowest BCUT2D eigenvalue weighted by Crippen LogP contribution is -2.60. The average Bonchev–Trinajstić information content (AvgIpc) is 3.84. The molecule has 0 spiro atoms. The van der Waals surface area contributed by atoms with Crippen LogP contribution < -0.4 is 60.2 Å². The molecule has 76 heavy (non-hydrogen) atoms. The van der Waals surface area contributed by atoms with Crippen molar-refractivity contribution in [2.24, 2.45) is 28.9 Å². The molecular weight excluding hydrogens is 993 g/mol. The van der Waals surface area contributed by atoms with E-state index in [1.807, 2.05) is 0 Å². The molecule has 0 aromatic heterocycles. The smallest absolute Gasteiger partial charge is 0.245 e. The molecule has 8 unspecified atom stereocenters. The Hall–Kier alpha value is -7.38. The topological polar surface area (TPSA) is 437 Å². The number of rotatable bonds is 23. The van der Waals surface area contributed by atoms with Gasteiger partial charge in [-0.3, -0.25) is 57.5 Å². The molecule has 2 saturated heterocycles. The molecule has 0 bridgehead atoms. The first-order valence-corrected chi connectivity index (χ1v) is 25.9. The van der Waals surface area contributed by atoms with Gasteiger partial charge in [-0.25, -0.2) is 0 Å². The Kier molecular flexibility index (Phi) is 26.6. The van der Waals surface area contributed by atoms with Gasteiger partial charge in [0.1, 0.15) is 48.0 Å². The highest BCUT2D eigenvalue weighted by Crippen LogP contribution is 2.21. The summed E-state index contributed by atoms with van der Waals surface area (Å²) < 4.78 is 0. The number of phenols is 1. The van der Waals surface area contributed by atoms with Crippen LogP contribution in [0.5, 0.6) is 5.75 Å². The van der Waals surface area contributed by atoms with E-state index in [0.29, 0.717) is 24.3 Å². The molecule has 2 heterocycles. The first-order valence-electron chi connectivity index (χ1n) is 25.9. The summed E-state index contributed by atoms with van der Waals surface area (Å²) in [5.74, 6) is -11.9. The molecule has 8 atom stereocenters. The van der Waals surface area contributed by atoms with Gasteiger partial charge < -0.3 is 75.3 Å². The fraction of sp³-hybridized carbons (Fsp3) is 0.640. The van der Waals surface area contributed by atoms with Crippen LogP contribution >= 0.6 is 0 Å². The number of hydrogen-bond acceptors (Lipinski definition) is 14. The van der Waals surface area contributed by atoms with Crippen LogP contribution in [0.15, 0.2) is 24.3 Å². The Morgan fingerprint density at radius 2 is 1.03 bits per heavy atom. The van der Waals surface area contributed by atoms with Crippen LogP contribution in [0.4, 0.5) is 0 Å². The molecule has 2 fully saturated rings. The van der Waals surface area contributed by atoms with E-state index in [1.54, 1.807) is 0 Å². The minimum atomic E-state index is -1.85. The van der Waals surface area contributed by atoms with Crippen molar-refractivity contribution in [3.8, 4) is 5.75 Å². The zero-order valence-electron chi connectivity index (χ0n) is 43.4. The molecule has 12 amide bonds. The van der Waals surface area contributed by atoms with Gasteiger partial charge >= 0.3 is 0 Å². The summed E-state index contributed by atoms with van der Waals surface area (Å²) in [5.41, 5.74) is 22.2. The van der Waals surface area contributed by atoms with E-state index in [9.17, 15) is 67.7 Å². The molecule has 0 aliphatic carbocycles. The van der Waals surface area contributed by atoms with Gasteiger partial charge in [0.15, 0.2) is 0 Å². The molecule has 3 rings (SSSR count). The zero-order valence-corrected chi connectivity index (χ0v) is 43.4. The van der Waals surface area contributed by atoms with Crippen LogP contribution in [-0.2, 0) is 64.0 Å². The number of aromatic hydroxyl groups is 1. The van der Waals surface area contributed by atoms with Crippen molar-refractivity contribution in [1.82, 2.24) is 42.1 Å². The Labute approximate surface area is 441 Å². The standard InChI is InChI=1S/C50H78N12O14/c1-28(2)12-9-7-5-3-4-6-8-10-13-30-23-43(69)56-34(24-40(52)66)46(72)58-33(22-29-15-17-31(64)18-16-29)45(71)59-36(26-42(54)68)47(73)57-32(19-20-39(51)65)50(76)62-21-11-14-38(62)49(75)61-37(27-63)48(74)60-35(25-41(53)67)44(70)55-30/h15-18,28,30,32-38,63-64H,3-14,19-27H2,1-2H3,(H2,51,65)(H2,52,66)(H2,53,67)(H2,54,68)(H,55,70)(H,56,69)(H,57,73)(H,58,72)(H,59,71)(H,60,74)(H,61,75). The van der Waals surface area contributed by atoms with Crippen LogP contribution in [0.1, 0.15) is 135 Å². The van der Waals surface area contributed by atoms with E-state index in [-0.39, 0.29) is 38.0 Å². The predicted octanol–water partition coefficient (Wildman–Crippen LogP) is -2.84. The molecule has 0 saturated carbocycles. The lowest BCUT2D eigenvalue weighted by atomic mass is 10.0. The van der Waals surface area contributed by atoms with Crippen molar-refractivity contribution < 1.29 is 67.7 Å². The molecule has 1 aromatic carbocycles. The summed E-state index contributed by atoms with van der Waals surface area (Å²) in [6.07, 6.45) is 4.61. The first kappa shape index (κ1) is 62.9. The summed E-state index contributed by atoms with van der Waals surface area (Å²) in [7, 11) is 0. The minimum absolute atomic E-state index is 0.0166. The molecule has 422 valence electrons. The fourth-order valence-corrected chi connectivity index (χ4v) is 8.91. The molecule has 26 nitrogen and oxygen atoms in total. The van der Waals surface area contributed by atoms with E-state index in [4.69, 9.17) is 22.9 Å². The summed E-state index contributed by atoms with van der Waals surface area (Å²) in [5, 5.41) is 37.2. The van der Waals surface area contributed by atoms with E-state index in [2.05, 4.69) is 51.1 Å². The third kappa shape index (κ3) is 22.6. The Bertz CT molecular complexity index is 2210. The van der Waals surface area contributed by atoms with Crippen LogP contribution in [-0.4, -0.2) is 147 Å². The number of amides is 12. The number of carbonyl (C=O) groups excluding carboxylic acids is 12. The average molecular weight is 1070 g/mol. The number of aliphatic hydroxyl groups excluding tert-OH is 1. The number of fused-ring (bicyclic) bond motifs is 1. The summed E-state index contributed by atoms with van der Waals surface area (Å²) >= 11 is 0. The van der Waals surface area contributed by atoms with Crippen molar-refractivity contribution in [2.75, 3.05) is 13.2 Å². The Balaban J connectivity index is 2.10.